The zero-order valence-corrected chi connectivity index (χ0v) is 13.2. The molecule has 2 rings (SSSR count). The van der Waals surface area contributed by atoms with Gasteiger partial charge < -0.3 is 10.1 Å². The van der Waals surface area contributed by atoms with Gasteiger partial charge in [-0.3, -0.25) is 4.79 Å². The Morgan fingerprint density at radius 1 is 1.00 bits per heavy atom. The number of para-hydroxylation sites is 1. The number of ether oxygens (including phenoxy) is 1. The van der Waals surface area contributed by atoms with Crippen molar-refractivity contribution in [2.75, 3.05) is 12.4 Å². The number of amides is 1. The van der Waals surface area contributed by atoms with Gasteiger partial charge in [-0.2, -0.15) is 0 Å². The molecule has 3 heteroatoms. The normalized spacial score (nSPS) is 10.3. The first kappa shape index (κ1) is 15.1. The molecule has 0 spiro atoms. The summed E-state index contributed by atoms with van der Waals surface area (Å²) in [5, 5.41) is 3.00. The zero-order chi connectivity index (χ0) is 15.6. The van der Waals surface area contributed by atoms with Crippen molar-refractivity contribution in [3.63, 3.8) is 0 Å². The van der Waals surface area contributed by atoms with Crippen LogP contribution in [0.15, 0.2) is 30.3 Å². The third-order valence-corrected chi connectivity index (χ3v) is 3.58. The lowest BCUT2D eigenvalue weighted by atomic mass is 10.0. The highest BCUT2D eigenvalue weighted by Gasteiger charge is 2.15. The van der Waals surface area contributed by atoms with Crippen LogP contribution in [0.3, 0.4) is 0 Å². The number of aryl methyl sites for hydroxylation is 4. The Labute approximate surface area is 126 Å². The molecule has 0 aliphatic heterocycles. The fourth-order valence-corrected chi connectivity index (χ4v) is 2.66. The minimum absolute atomic E-state index is 0.148. The molecular formula is C18H21NO2. The standard InChI is InChI=1S/C18H21NO2/c1-11-9-13(3)16(14(4)10-11)19-18(20)15-8-6-7-12(2)17(15)21-5/h6-10H,1-5H3,(H,19,20). The average Bonchev–Trinajstić information content (AvgIpc) is 2.42. The fraction of sp³-hybridized carbons (Fsp3) is 0.278. The monoisotopic (exact) mass is 283 g/mol. The van der Waals surface area contributed by atoms with Gasteiger partial charge in [0.15, 0.2) is 0 Å². The number of carbonyl (C=O) groups excluding carboxylic acids is 1. The second-order valence-corrected chi connectivity index (χ2v) is 5.38. The van der Waals surface area contributed by atoms with E-state index in [1.807, 2.05) is 32.9 Å². The zero-order valence-electron chi connectivity index (χ0n) is 13.2. The summed E-state index contributed by atoms with van der Waals surface area (Å²) in [6.07, 6.45) is 0. The third-order valence-electron chi connectivity index (χ3n) is 3.58. The first-order chi connectivity index (χ1) is 9.93. The molecule has 0 fully saturated rings. The number of benzene rings is 2. The Bertz CT molecular complexity index is 667. The number of hydrogen-bond acceptors (Lipinski definition) is 2. The molecule has 0 heterocycles. The maximum absolute atomic E-state index is 12.5. The van der Waals surface area contributed by atoms with E-state index in [9.17, 15) is 4.79 Å². The molecule has 0 saturated heterocycles. The van der Waals surface area contributed by atoms with Gasteiger partial charge in [0.25, 0.3) is 5.91 Å². The molecule has 0 aliphatic rings. The van der Waals surface area contributed by atoms with Gasteiger partial charge >= 0.3 is 0 Å². The van der Waals surface area contributed by atoms with Gasteiger partial charge in [-0.25, -0.2) is 0 Å². The Morgan fingerprint density at radius 2 is 1.62 bits per heavy atom. The van der Waals surface area contributed by atoms with E-state index in [4.69, 9.17) is 4.74 Å². The van der Waals surface area contributed by atoms with Gasteiger partial charge in [0, 0.05) is 5.69 Å². The van der Waals surface area contributed by atoms with Gasteiger partial charge in [0.05, 0.1) is 12.7 Å². The highest BCUT2D eigenvalue weighted by atomic mass is 16.5. The molecule has 2 aromatic carbocycles. The summed E-state index contributed by atoms with van der Waals surface area (Å²) in [5.74, 6) is 0.475. The van der Waals surface area contributed by atoms with E-state index in [0.717, 1.165) is 22.4 Å². The Kier molecular flexibility index (Phi) is 4.32. The highest BCUT2D eigenvalue weighted by molar-refractivity contribution is 6.07. The summed E-state index contributed by atoms with van der Waals surface area (Å²) in [7, 11) is 1.58. The second-order valence-electron chi connectivity index (χ2n) is 5.38. The lowest BCUT2D eigenvalue weighted by Gasteiger charge is -2.15. The minimum atomic E-state index is -0.148. The van der Waals surface area contributed by atoms with Crippen LogP contribution in [0.25, 0.3) is 0 Å². The smallest absolute Gasteiger partial charge is 0.259 e. The first-order valence-corrected chi connectivity index (χ1v) is 6.97. The molecule has 0 bridgehead atoms. The van der Waals surface area contributed by atoms with E-state index >= 15 is 0 Å². The van der Waals surface area contributed by atoms with Crippen LogP contribution in [0, 0.1) is 27.7 Å². The number of carbonyl (C=O) groups is 1. The van der Waals surface area contributed by atoms with Crippen LogP contribution in [-0.2, 0) is 0 Å². The molecule has 0 unspecified atom stereocenters. The van der Waals surface area contributed by atoms with Crippen LogP contribution in [-0.4, -0.2) is 13.0 Å². The fourth-order valence-electron chi connectivity index (χ4n) is 2.66. The number of rotatable bonds is 3. The Morgan fingerprint density at radius 3 is 2.19 bits per heavy atom. The largest absolute Gasteiger partial charge is 0.496 e. The van der Waals surface area contributed by atoms with Gasteiger partial charge in [-0.1, -0.05) is 29.8 Å². The molecule has 0 aliphatic carbocycles. The third kappa shape index (κ3) is 3.07. The Hall–Kier alpha value is -2.29. The van der Waals surface area contributed by atoms with Crippen molar-refractivity contribution in [1.29, 1.82) is 0 Å². The van der Waals surface area contributed by atoms with E-state index in [1.165, 1.54) is 5.56 Å². The molecule has 21 heavy (non-hydrogen) atoms. The molecular weight excluding hydrogens is 262 g/mol. The number of anilines is 1. The van der Waals surface area contributed by atoms with Gasteiger partial charge in [-0.05, 0) is 50.5 Å². The Balaban J connectivity index is 2.38. The molecule has 1 amide bonds. The molecule has 2 aromatic rings. The summed E-state index contributed by atoms with van der Waals surface area (Å²) in [6.45, 7) is 7.99. The minimum Gasteiger partial charge on any atom is -0.496 e. The van der Waals surface area contributed by atoms with Crippen LogP contribution >= 0.6 is 0 Å². The average molecular weight is 283 g/mol. The summed E-state index contributed by atoms with van der Waals surface area (Å²) < 4.78 is 5.35. The quantitative estimate of drug-likeness (QED) is 0.917. The van der Waals surface area contributed by atoms with E-state index in [1.54, 1.807) is 13.2 Å². The van der Waals surface area contributed by atoms with Crippen molar-refractivity contribution < 1.29 is 9.53 Å². The van der Waals surface area contributed by atoms with Crippen molar-refractivity contribution in [3.8, 4) is 5.75 Å². The maximum Gasteiger partial charge on any atom is 0.259 e. The first-order valence-electron chi connectivity index (χ1n) is 6.97. The van der Waals surface area contributed by atoms with E-state index < -0.39 is 0 Å². The van der Waals surface area contributed by atoms with Crippen molar-refractivity contribution in [1.82, 2.24) is 0 Å². The summed E-state index contributed by atoms with van der Waals surface area (Å²) in [5.41, 5.74) is 5.68. The number of methoxy groups -OCH3 is 1. The molecule has 0 radical (unpaired) electrons. The SMILES string of the molecule is COc1c(C)cccc1C(=O)Nc1c(C)cc(C)cc1C. The van der Waals surface area contributed by atoms with Crippen molar-refractivity contribution in [2.24, 2.45) is 0 Å². The predicted octanol–water partition coefficient (Wildman–Crippen LogP) is 4.18. The number of hydrogen-bond donors (Lipinski definition) is 1. The topological polar surface area (TPSA) is 38.3 Å². The summed E-state index contributed by atoms with van der Waals surface area (Å²) in [4.78, 5) is 12.5. The molecule has 0 aromatic heterocycles. The van der Waals surface area contributed by atoms with Crippen molar-refractivity contribution in [3.05, 3.63) is 58.1 Å². The van der Waals surface area contributed by atoms with Gasteiger partial charge in [-0.15, -0.1) is 0 Å². The number of nitrogens with one attached hydrogen (secondary N) is 1. The lowest BCUT2D eigenvalue weighted by molar-refractivity contribution is 0.102. The van der Waals surface area contributed by atoms with Crippen LogP contribution in [0.5, 0.6) is 5.75 Å². The predicted molar refractivity (Wildman–Crippen MR) is 86.3 cm³/mol. The highest BCUT2D eigenvalue weighted by Crippen LogP contribution is 2.26. The second kappa shape index (κ2) is 6.00. The maximum atomic E-state index is 12.5. The molecule has 0 atom stereocenters. The van der Waals surface area contributed by atoms with E-state index in [0.29, 0.717) is 11.3 Å². The summed E-state index contributed by atoms with van der Waals surface area (Å²) >= 11 is 0. The molecule has 0 saturated carbocycles. The van der Waals surface area contributed by atoms with E-state index in [-0.39, 0.29) is 5.91 Å². The molecule has 3 nitrogen and oxygen atoms in total. The molecule has 110 valence electrons. The molecule has 1 N–H and O–H groups in total. The van der Waals surface area contributed by atoms with Crippen molar-refractivity contribution >= 4 is 11.6 Å². The van der Waals surface area contributed by atoms with Gasteiger partial charge in [0.2, 0.25) is 0 Å². The van der Waals surface area contributed by atoms with Crippen LogP contribution in [0.1, 0.15) is 32.6 Å². The van der Waals surface area contributed by atoms with Crippen LogP contribution < -0.4 is 10.1 Å². The van der Waals surface area contributed by atoms with Gasteiger partial charge in [0.1, 0.15) is 5.75 Å². The lowest BCUT2D eigenvalue weighted by Crippen LogP contribution is -2.15. The van der Waals surface area contributed by atoms with Crippen LogP contribution in [0.4, 0.5) is 5.69 Å². The van der Waals surface area contributed by atoms with E-state index in [2.05, 4.69) is 24.4 Å². The van der Waals surface area contributed by atoms with Crippen LogP contribution in [0.2, 0.25) is 0 Å². The summed E-state index contributed by atoms with van der Waals surface area (Å²) in [6, 6.07) is 9.70. The van der Waals surface area contributed by atoms with Crippen molar-refractivity contribution in [2.45, 2.75) is 27.7 Å².